The van der Waals surface area contributed by atoms with Crippen LogP contribution >= 0.6 is 0 Å². The summed E-state index contributed by atoms with van der Waals surface area (Å²) in [5, 5.41) is 12.7. The average Bonchev–Trinajstić information content (AvgIpc) is 3.22. The lowest BCUT2D eigenvalue weighted by atomic mass is 9.97. The second-order valence-electron chi connectivity index (χ2n) is 8.43. The number of fused-ring (bicyclic) bond motifs is 2. The quantitative estimate of drug-likeness (QED) is 0.360. The van der Waals surface area contributed by atoms with Gasteiger partial charge in [-0.3, -0.25) is 9.48 Å². The Morgan fingerprint density at radius 3 is 2.39 bits per heavy atom. The first-order valence-electron chi connectivity index (χ1n) is 12.2. The number of carbonyl (C=O) groups excluding carboxylic acids is 1. The molecule has 0 spiro atoms. The molecule has 4 rings (SSSR count). The lowest BCUT2D eigenvalue weighted by molar-refractivity contribution is 0.0950. The van der Waals surface area contributed by atoms with Crippen molar-refractivity contribution in [2.24, 2.45) is 0 Å². The molecule has 1 aliphatic heterocycles. The summed E-state index contributed by atoms with van der Waals surface area (Å²) in [6.45, 7) is 15.9. The van der Waals surface area contributed by atoms with Crippen LogP contribution in [0.5, 0.6) is 0 Å². The lowest BCUT2D eigenvalue weighted by Gasteiger charge is -2.21. The summed E-state index contributed by atoms with van der Waals surface area (Å²) in [7, 11) is 0. The minimum absolute atomic E-state index is 0.0484. The van der Waals surface area contributed by atoms with Crippen LogP contribution in [0.25, 0.3) is 22.2 Å². The summed E-state index contributed by atoms with van der Waals surface area (Å²) < 4.78 is 2.10. The average molecular weight is 449 g/mol. The summed E-state index contributed by atoms with van der Waals surface area (Å²) in [6.07, 6.45) is 0. The van der Waals surface area contributed by atoms with Crippen LogP contribution in [0.4, 0.5) is 11.4 Å². The number of nitrogens with zero attached hydrogens (tertiary/aromatic N) is 4. The number of nitrogens with one attached hydrogen (secondary N) is 2. The van der Waals surface area contributed by atoms with Crippen molar-refractivity contribution >= 4 is 28.2 Å². The van der Waals surface area contributed by atoms with Gasteiger partial charge in [-0.25, -0.2) is 0 Å². The number of hydrogen-bond donors (Lipinski definition) is 2. The van der Waals surface area contributed by atoms with E-state index < -0.39 is 0 Å². The molecule has 0 fully saturated rings. The summed E-state index contributed by atoms with van der Waals surface area (Å²) in [6, 6.07) is 12.2. The van der Waals surface area contributed by atoms with Gasteiger partial charge in [-0.1, -0.05) is 45.9 Å². The molecule has 0 unspecified atom stereocenters. The molecule has 176 valence electrons. The van der Waals surface area contributed by atoms with Gasteiger partial charge < -0.3 is 20.4 Å². The van der Waals surface area contributed by atoms with E-state index in [1.54, 1.807) is 0 Å². The van der Waals surface area contributed by atoms with Crippen LogP contribution in [0.3, 0.4) is 0 Å². The van der Waals surface area contributed by atoms with Gasteiger partial charge in [-0.05, 0) is 44.4 Å². The molecule has 0 saturated carbocycles. The van der Waals surface area contributed by atoms with Gasteiger partial charge in [-0.15, -0.1) is 0 Å². The molecule has 1 amide bonds. The summed E-state index contributed by atoms with van der Waals surface area (Å²) in [5.74, 6) is -0.0484. The van der Waals surface area contributed by atoms with Gasteiger partial charge in [0.25, 0.3) is 5.91 Å². The molecular formula is C26H36N6O. The molecule has 0 bridgehead atoms. The smallest absolute Gasteiger partial charge is 0.253 e. The van der Waals surface area contributed by atoms with Gasteiger partial charge in [-0.2, -0.15) is 5.10 Å². The van der Waals surface area contributed by atoms with Crippen LogP contribution in [0, 0.1) is 0 Å². The van der Waals surface area contributed by atoms with Crippen molar-refractivity contribution in [2.75, 3.05) is 51.1 Å². The molecule has 2 N–H and O–H groups in total. The van der Waals surface area contributed by atoms with Crippen molar-refractivity contribution in [2.45, 2.75) is 34.2 Å². The van der Waals surface area contributed by atoms with E-state index in [9.17, 15) is 4.79 Å². The second-order valence-corrected chi connectivity index (χ2v) is 8.43. The first kappa shape index (κ1) is 23.3. The number of carbonyl (C=O) groups is 1. The monoisotopic (exact) mass is 448 g/mol. The summed E-state index contributed by atoms with van der Waals surface area (Å²) in [5.41, 5.74) is 5.61. The number of para-hydroxylation sites is 1. The Balaban J connectivity index is 1.68. The van der Waals surface area contributed by atoms with Crippen molar-refractivity contribution in [3.05, 3.63) is 42.0 Å². The van der Waals surface area contributed by atoms with E-state index >= 15 is 0 Å². The molecule has 33 heavy (non-hydrogen) atoms. The highest BCUT2D eigenvalue weighted by molar-refractivity contribution is 6.16. The van der Waals surface area contributed by atoms with Crippen molar-refractivity contribution in [3.63, 3.8) is 0 Å². The molecule has 7 heteroatoms. The number of rotatable bonds is 11. The van der Waals surface area contributed by atoms with E-state index in [0.717, 1.165) is 79.3 Å². The third-order valence-electron chi connectivity index (χ3n) is 6.74. The highest BCUT2D eigenvalue weighted by Crippen LogP contribution is 2.44. The molecular weight excluding hydrogens is 412 g/mol. The normalized spacial score (nSPS) is 12.3. The Labute approximate surface area is 196 Å². The van der Waals surface area contributed by atoms with E-state index in [1.165, 1.54) is 0 Å². The standard InChI is InChI=1S/C26H36N6O/c1-5-30(6-2)16-15-27-26(33)20-13-14-22-23-24(20)28-21-12-10-9-11-19(21)25(23)29-32(22)18-17-31(7-3)8-4/h9-14,28H,5-8,15-18H2,1-4H3,(H,27,33). The van der Waals surface area contributed by atoms with Gasteiger partial charge in [0.2, 0.25) is 0 Å². The second kappa shape index (κ2) is 10.4. The number of hydrogen-bond acceptors (Lipinski definition) is 5. The highest BCUT2D eigenvalue weighted by atomic mass is 16.1. The third-order valence-corrected chi connectivity index (χ3v) is 6.74. The Hall–Kier alpha value is -2.90. The fourth-order valence-corrected chi connectivity index (χ4v) is 4.62. The molecule has 1 aliphatic rings. The molecule has 3 aromatic rings. The van der Waals surface area contributed by atoms with Crippen LogP contribution in [0.15, 0.2) is 36.4 Å². The minimum atomic E-state index is -0.0484. The van der Waals surface area contributed by atoms with Crippen molar-refractivity contribution in [3.8, 4) is 11.3 Å². The first-order valence-corrected chi connectivity index (χ1v) is 12.2. The lowest BCUT2D eigenvalue weighted by Crippen LogP contribution is -2.35. The molecule has 0 saturated heterocycles. The van der Waals surface area contributed by atoms with Crippen LogP contribution in [-0.4, -0.2) is 71.3 Å². The first-order chi connectivity index (χ1) is 16.1. The minimum Gasteiger partial charge on any atom is -0.354 e. The number of aromatic nitrogens is 2. The number of anilines is 2. The van der Waals surface area contributed by atoms with Crippen LogP contribution in [-0.2, 0) is 6.54 Å². The number of likely N-dealkylation sites (N-methyl/N-ethyl adjacent to an activating group) is 2. The van der Waals surface area contributed by atoms with Gasteiger partial charge >= 0.3 is 0 Å². The maximum absolute atomic E-state index is 13.2. The molecule has 0 radical (unpaired) electrons. The predicted molar refractivity (Wildman–Crippen MR) is 136 cm³/mol. The van der Waals surface area contributed by atoms with Crippen molar-refractivity contribution < 1.29 is 4.79 Å². The summed E-state index contributed by atoms with van der Waals surface area (Å²) in [4.78, 5) is 17.9. The zero-order valence-electron chi connectivity index (χ0n) is 20.3. The third kappa shape index (κ3) is 4.61. The largest absolute Gasteiger partial charge is 0.354 e. The van der Waals surface area contributed by atoms with E-state index in [1.807, 2.05) is 30.3 Å². The van der Waals surface area contributed by atoms with Gasteiger partial charge in [0.15, 0.2) is 0 Å². The van der Waals surface area contributed by atoms with Crippen LogP contribution in [0.1, 0.15) is 38.1 Å². The highest BCUT2D eigenvalue weighted by Gasteiger charge is 2.27. The molecule has 2 aromatic carbocycles. The molecule has 7 nitrogen and oxygen atoms in total. The van der Waals surface area contributed by atoms with Gasteiger partial charge in [0.05, 0.1) is 28.7 Å². The fourth-order valence-electron chi connectivity index (χ4n) is 4.62. The zero-order chi connectivity index (χ0) is 23.4. The Morgan fingerprint density at radius 1 is 0.970 bits per heavy atom. The maximum atomic E-state index is 13.2. The number of amides is 1. The van der Waals surface area contributed by atoms with E-state index in [2.05, 4.69) is 58.9 Å². The van der Waals surface area contributed by atoms with Crippen LogP contribution in [0.2, 0.25) is 0 Å². The molecule has 2 heterocycles. The van der Waals surface area contributed by atoms with Gasteiger partial charge in [0, 0.05) is 30.9 Å². The van der Waals surface area contributed by atoms with E-state index in [0.29, 0.717) is 12.1 Å². The number of benzene rings is 2. The Morgan fingerprint density at radius 2 is 1.67 bits per heavy atom. The van der Waals surface area contributed by atoms with Crippen molar-refractivity contribution in [1.82, 2.24) is 24.9 Å². The molecule has 0 aliphatic carbocycles. The topological polar surface area (TPSA) is 65.4 Å². The van der Waals surface area contributed by atoms with Gasteiger partial charge in [0.1, 0.15) is 5.69 Å². The Bertz CT molecular complexity index is 1110. The zero-order valence-corrected chi connectivity index (χ0v) is 20.3. The fraction of sp³-hybridized carbons (Fsp3) is 0.462. The van der Waals surface area contributed by atoms with Crippen LogP contribution < -0.4 is 10.6 Å². The summed E-state index contributed by atoms with van der Waals surface area (Å²) >= 11 is 0. The van der Waals surface area contributed by atoms with E-state index in [-0.39, 0.29) is 5.91 Å². The van der Waals surface area contributed by atoms with Crippen molar-refractivity contribution in [1.29, 1.82) is 0 Å². The molecule has 1 aromatic heterocycles. The van der Waals surface area contributed by atoms with E-state index in [4.69, 9.17) is 5.10 Å². The predicted octanol–water partition coefficient (Wildman–Crippen LogP) is 4.17. The maximum Gasteiger partial charge on any atom is 0.253 e. The molecule has 0 atom stereocenters. The Kier molecular flexibility index (Phi) is 7.30. The SMILES string of the molecule is CCN(CC)CCNC(=O)c1ccc2c3c(nn2CCN(CC)CC)-c2ccccc2Nc13.